The van der Waals surface area contributed by atoms with Gasteiger partial charge in [0.15, 0.2) is 0 Å². The van der Waals surface area contributed by atoms with Crippen molar-refractivity contribution in [3.8, 4) is 0 Å². The molecule has 1 aromatic rings. The van der Waals surface area contributed by atoms with Crippen molar-refractivity contribution in [2.24, 2.45) is 4.99 Å². The van der Waals surface area contributed by atoms with Gasteiger partial charge in [-0.2, -0.15) is 0 Å². The van der Waals surface area contributed by atoms with Crippen LogP contribution in [0.5, 0.6) is 0 Å². The van der Waals surface area contributed by atoms with Gasteiger partial charge in [-0.1, -0.05) is 24.3 Å². The lowest BCUT2D eigenvalue weighted by atomic mass is 10.00. The van der Waals surface area contributed by atoms with E-state index in [1.807, 2.05) is 6.20 Å². The second kappa shape index (κ2) is 2.43. The summed E-state index contributed by atoms with van der Waals surface area (Å²) in [6, 6.07) is 4.23. The number of rotatable bonds is 0. The lowest BCUT2D eigenvalue weighted by Crippen LogP contribution is -2.16. The largest absolute Gasteiger partial charge is 0.256 e. The maximum Gasteiger partial charge on any atom is 0.0708 e. The molecular formula is C12H9N. The molecule has 3 rings (SSSR count). The van der Waals surface area contributed by atoms with Crippen LogP contribution >= 0.6 is 0 Å². The maximum atomic E-state index is 4.28. The lowest BCUT2D eigenvalue weighted by molar-refractivity contribution is 1.33. The van der Waals surface area contributed by atoms with Gasteiger partial charge in [0, 0.05) is 11.8 Å². The van der Waals surface area contributed by atoms with Gasteiger partial charge in [-0.25, -0.2) is 0 Å². The molecule has 0 amide bonds. The van der Waals surface area contributed by atoms with Crippen molar-refractivity contribution in [1.82, 2.24) is 0 Å². The van der Waals surface area contributed by atoms with E-state index in [4.69, 9.17) is 0 Å². The molecule has 0 fully saturated rings. The van der Waals surface area contributed by atoms with Crippen molar-refractivity contribution >= 4 is 18.2 Å². The van der Waals surface area contributed by atoms with Crippen molar-refractivity contribution in [1.29, 1.82) is 0 Å². The van der Waals surface area contributed by atoms with E-state index >= 15 is 0 Å². The van der Waals surface area contributed by atoms with Gasteiger partial charge in [-0.15, -0.1) is 0 Å². The molecule has 2 aliphatic rings. The normalized spacial score (nSPS) is 16.0. The van der Waals surface area contributed by atoms with Crippen molar-refractivity contribution in [2.75, 3.05) is 0 Å². The highest BCUT2D eigenvalue weighted by atomic mass is 14.7. The average Bonchev–Trinajstić information content (AvgIpc) is 2.65. The molecule has 0 spiro atoms. The zero-order chi connectivity index (χ0) is 8.67. The topological polar surface area (TPSA) is 12.4 Å². The molecule has 0 atom stereocenters. The summed E-state index contributed by atoms with van der Waals surface area (Å²) in [5, 5.41) is 2.43. The maximum absolute atomic E-state index is 4.28. The molecule has 0 N–H and O–H groups in total. The first-order valence-corrected chi connectivity index (χ1v) is 4.49. The monoisotopic (exact) mass is 167 g/mol. The number of hydrogen-bond acceptors (Lipinski definition) is 1. The third-order valence-corrected chi connectivity index (χ3v) is 2.51. The molecule has 0 bridgehead atoms. The van der Waals surface area contributed by atoms with E-state index in [0.717, 1.165) is 11.8 Å². The predicted molar refractivity (Wildman–Crippen MR) is 54.4 cm³/mol. The molecule has 1 heteroatoms. The molecule has 0 saturated carbocycles. The Morgan fingerprint density at radius 3 is 3.08 bits per heavy atom. The summed E-state index contributed by atoms with van der Waals surface area (Å²) in [5.74, 6) is 0. The first-order chi connectivity index (χ1) is 6.45. The molecule has 1 nitrogen and oxygen atoms in total. The van der Waals surface area contributed by atoms with Gasteiger partial charge < -0.3 is 0 Å². The van der Waals surface area contributed by atoms with Crippen molar-refractivity contribution in [2.45, 2.75) is 6.42 Å². The summed E-state index contributed by atoms with van der Waals surface area (Å²) in [7, 11) is 0. The Labute approximate surface area is 76.4 Å². The summed E-state index contributed by atoms with van der Waals surface area (Å²) in [4.78, 5) is 4.28. The van der Waals surface area contributed by atoms with Crippen LogP contribution in [0.4, 0.5) is 0 Å². The van der Waals surface area contributed by atoms with Crippen molar-refractivity contribution in [3.63, 3.8) is 0 Å². The SMILES string of the molecule is C1=Cc2c3c(ccc2=CC1)=NC=C3. The third-order valence-electron chi connectivity index (χ3n) is 2.51. The van der Waals surface area contributed by atoms with Crippen LogP contribution in [0, 0.1) is 0 Å². The summed E-state index contributed by atoms with van der Waals surface area (Å²) >= 11 is 0. The molecule has 1 aliphatic carbocycles. The highest BCUT2D eigenvalue weighted by Crippen LogP contribution is 2.11. The zero-order valence-electron chi connectivity index (χ0n) is 7.20. The number of fused-ring (bicyclic) bond motifs is 3. The number of nitrogens with zero attached hydrogens (tertiary/aromatic N) is 1. The quantitative estimate of drug-likeness (QED) is 0.555. The first-order valence-electron chi connectivity index (χ1n) is 4.49. The molecule has 1 aromatic carbocycles. The van der Waals surface area contributed by atoms with E-state index in [-0.39, 0.29) is 0 Å². The molecule has 0 unspecified atom stereocenters. The molecule has 62 valence electrons. The van der Waals surface area contributed by atoms with Gasteiger partial charge >= 0.3 is 0 Å². The fourth-order valence-corrected chi connectivity index (χ4v) is 1.87. The molecule has 0 saturated heterocycles. The first kappa shape index (κ1) is 6.84. The zero-order valence-corrected chi connectivity index (χ0v) is 7.20. The Morgan fingerprint density at radius 2 is 2.08 bits per heavy atom. The van der Waals surface area contributed by atoms with Gasteiger partial charge in [0.05, 0.1) is 5.36 Å². The van der Waals surface area contributed by atoms with E-state index in [0.29, 0.717) is 0 Å². The Hall–Kier alpha value is -1.63. The van der Waals surface area contributed by atoms with Crippen LogP contribution in [0.1, 0.15) is 17.5 Å². The van der Waals surface area contributed by atoms with Crippen LogP contribution in [-0.2, 0) is 0 Å². The van der Waals surface area contributed by atoms with Crippen LogP contribution in [-0.4, -0.2) is 0 Å². The van der Waals surface area contributed by atoms with Crippen molar-refractivity contribution < 1.29 is 0 Å². The van der Waals surface area contributed by atoms with Gasteiger partial charge in [0.2, 0.25) is 0 Å². The van der Waals surface area contributed by atoms with E-state index < -0.39 is 0 Å². The summed E-state index contributed by atoms with van der Waals surface area (Å²) < 4.78 is 0. The van der Waals surface area contributed by atoms with Crippen LogP contribution in [0.3, 0.4) is 0 Å². The van der Waals surface area contributed by atoms with Crippen LogP contribution in [0.2, 0.25) is 0 Å². The number of allylic oxidation sites excluding steroid dienone is 1. The molecule has 0 aromatic heterocycles. The summed E-state index contributed by atoms with van der Waals surface area (Å²) in [6.07, 6.45) is 11.6. The molecular weight excluding hydrogens is 158 g/mol. The van der Waals surface area contributed by atoms with Gasteiger partial charge in [0.1, 0.15) is 0 Å². The summed E-state index contributed by atoms with van der Waals surface area (Å²) in [5.41, 5.74) is 2.59. The fourth-order valence-electron chi connectivity index (χ4n) is 1.87. The summed E-state index contributed by atoms with van der Waals surface area (Å²) in [6.45, 7) is 0. The van der Waals surface area contributed by atoms with E-state index in [1.54, 1.807) is 0 Å². The third kappa shape index (κ3) is 0.903. The minimum absolute atomic E-state index is 1.05. The molecule has 13 heavy (non-hydrogen) atoms. The molecule has 1 heterocycles. The van der Waals surface area contributed by atoms with Gasteiger partial charge in [0.25, 0.3) is 0 Å². The van der Waals surface area contributed by atoms with Crippen molar-refractivity contribution in [3.05, 3.63) is 46.1 Å². The lowest BCUT2D eigenvalue weighted by Gasteiger charge is -2.04. The minimum Gasteiger partial charge on any atom is -0.256 e. The standard InChI is InChI=1S/C12H9N/c1-2-4-10-9(3-1)5-6-12-11(10)7-8-13-12/h2-8H,1H2. The Kier molecular flexibility index (Phi) is 1.28. The second-order valence-electron chi connectivity index (χ2n) is 3.29. The van der Waals surface area contributed by atoms with Crippen LogP contribution < -0.4 is 10.6 Å². The molecule has 1 aliphatic heterocycles. The predicted octanol–water partition coefficient (Wildman–Crippen LogP) is 1.49. The van der Waals surface area contributed by atoms with E-state index in [9.17, 15) is 0 Å². The highest BCUT2D eigenvalue weighted by molar-refractivity contribution is 5.69. The molecule has 0 radical (unpaired) electrons. The van der Waals surface area contributed by atoms with Crippen LogP contribution in [0.25, 0.3) is 18.2 Å². The minimum atomic E-state index is 1.05. The smallest absolute Gasteiger partial charge is 0.0708 e. The Balaban J connectivity index is 2.50. The van der Waals surface area contributed by atoms with Crippen LogP contribution in [0.15, 0.2) is 29.4 Å². The highest BCUT2D eigenvalue weighted by Gasteiger charge is 2.05. The second-order valence-corrected chi connectivity index (χ2v) is 3.29. The Morgan fingerprint density at radius 1 is 1.08 bits per heavy atom. The van der Waals surface area contributed by atoms with E-state index in [2.05, 4.69) is 41.4 Å². The Bertz CT molecular complexity index is 533. The average molecular weight is 167 g/mol. The number of benzene rings is 1. The fraction of sp³-hybridized carbons (Fsp3) is 0.0833. The number of hydrogen-bond donors (Lipinski definition) is 0. The van der Waals surface area contributed by atoms with Gasteiger partial charge in [-0.05, 0) is 29.3 Å². The van der Waals surface area contributed by atoms with E-state index in [1.165, 1.54) is 16.3 Å². The van der Waals surface area contributed by atoms with Gasteiger partial charge in [-0.3, -0.25) is 4.99 Å².